The number of carbonyl (C=O) groups is 1. The van der Waals surface area contributed by atoms with Gasteiger partial charge in [-0.3, -0.25) is 4.79 Å². The zero-order chi connectivity index (χ0) is 11.3. The molecule has 1 aliphatic rings. The molecule has 88 valence electrons. The van der Waals surface area contributed by atoms with Crippen LogP contribution < -0.4 is 5.32 Å². The van der Waals surface area contributed by atoms with Gasteiger partial charge in [-0.05, 0) is 25.3 Å². The molecule has 1 amide bonds. The number of piperidine rings is 1. The quantitative estimate of drug-likeness (QED) is 0.768. The first-order valence-electron chi connectivity index (χ1n) is 6.13. The lowest BCUT2D eigenvalue weighted by Gasteiger charge is -2.31. The fourth-order valence-corrected chi connectivity index (χ4v) is 2.05. The third-order valence-electron chi connectivity index (χ3n) is 2.99. The molecule has 0 aromatic rings. The van der Waals surface area contributed by atoms with Crippen molar-refractivity contribution in [1.29, 1.82) is 0 Å². The summed E-state index contributed by atoms with van der Waals surface area (Å²) in [6.07, 6.45) is 2.88. The van der Waals surface area contributed by atoms with Gasteiger partial charge >= 0.3 is 0 Å². The van der Waals surface area contributed by atoms with E-state index in [4.69, 9.17) is 0 Å². The van der Waals surface area contributed by atoms with E-state index in [-0.39, 0.29) is 5.91 Å². The Labute approximate surface area is 93.2 Å². The van der Waals surface area contributed by atoms with E-state index in [1.807, 2.05) is 0 Å². The first-order valence-corrected chi connectivity index (χ1v) is 6.13. The first kappa shape index (κ1) is 12.5. The van der Waals surface area contributed by atoms with Gasteiger partial charge in [-0.1, -0.05) is 20.8 Å². The Bertz CT molecular complexity index is 196. The zero-order valence-electron chi connectivity index (χ0n) is 10.3. The molecule has 1 saturated heterocycles. The number of nitrogens with zero attached hydrogens (tertiary/aromatic N) is 1. The molecule has 1 aliphatic heterocycles. The molecule has 0 atom stereocenters. The molecular formula is C12H24N2O. The normalized spacial score (nSPS) is 19.5. The van der Waals surface area contributed by atoms with E-state index in [2.05, 4.69) is 31.0 Å². The van der Waals surface area contributed by atoms with Crippen LogP contribution in [-0.4, -0.2) is 36.5 Å². The van der Waals surface area contributed by atoms with Gasteiger partial charge in [0.1, 0.15) is 0 Å². The van der Waals surface area contributed by atoms with Crippen LogP contribution in [0.15, 0.2) is 0 Å². The minimum Gasteiger partial charge on any atom is -0.353 e. The predicted octanol–water partition coefficient (Wildman–Crippen LogP) is 1.63. The Balaban J connectivity index is 2.20. The average Bonchev–Trinajstić information content (AvgIpc) is 2.17. The number of hydrogen-bond donors (Lipinski definition) is 1. The smallest absolute Gasteiger partial charge is 0.220 e. The Hall–Kier alpha value is -0.570. The van der Waals surface area contributed by atoms with Gasteiger partial charge in [0, 0.05) is 25.6 Å². The highest BCUT2D eigenvalue weighted by atomic mass is 16.1. The van der Waals surface area contributed by atoms with E-state index >= 15 is 0 Å². The van der Waals surface area contributed by atoms with Crippen LogP contribution >= 0.6 is 0 Å². The highest BCUT2D eigenvalue weighted by Gasteiger charge is 2.19. The average molecular weight is 212 g/mol. The molecule has 0 aromatic heterocycles. The van der Waals surface area contributed by atoms with Crippen molar-refractivity contribution in [3.8, 4) is 0 Å². The monoisotopic (exact) mass is 212 g/mol. The maximum Gasteiger partial charge on any atom is 0.220 e. The van der Waals surface area contributed by atoms with E-state index in [1.54, 1.807) is 0 Å². The van der Waals surface area contributed by atoms with E-state index in [0.717, 1.165) is 32.5 Å². The van der Waals surface area contributed by atoms with Gasteiger partial charge in [-0.15, -0.1) is 0 Å². The number of nitrogens with one attached hydrogen (secondary N) is 1. The SMILES string of the molecule is CCN1CCC(NC(=O)CC(C)C)CC1. The third kappa shape index (κ3) is 4.65. The van der Waals surface area contributed by atoms with Crippen LogP contribution in [0.25, 0.3) is 0 Å². The molecule has 0 bridgehead atoms. The van der Waals surface area contributed by atoms with Crippen LogP contribution in [0.1, 0.15) is 40.0 Å². The van der Waals surface area contributed by atoms with Gasteiger partial charge in [0.25, 0.3) is 0 Å². The van der Waals surface area contributed by atoms with Gasteiger partial charge in [0.15, 0.2) is 0 Å². The summed E-state index contributed by atoms with van der Waals surface area (Å²) >= 11 is 0. The Morgan fingerprint density at radius 3 is 2.47 bits per heavy atom. The lowest BCUT2D eigenvalue weighted by atomic mass is 10.0. The Morgan fingerprint density at radius 2 is 2.00 bits per heavy atom. The third-order valence-corrected chi connectivity index (χ3v) is 2.99. The molecule has 0 aliphatic carbocycles. The van der Waals surface area contributed by atoms with Crippen molar-refractivity contribution >= 4 is 5.91 Å². The summed E-state index contributed by atoms with van der Waals surface area (Å²) < 4.78 is 0. The largest absolute Gasteiger partial charge is 0.353 e. The number of likely N-dealkylation sites (tertiary alicyclic amines) is 1. The van der Waals surface area contributed by atoms with E-state index in [9.17, 15) is 4.79 Å². The van der Waals surface area contributed by atoms with E-state index < -0.39 is 0 Å². The molecule has 15 heavy (non-hydrogen) atoms. The van der Waals surface area contributed by atoms with Crippen molar-refractivity contribution in [3.63, 3.8) is 0 Å². The van der Waals surface area contributed by atoms with Crippen LogP contribution in [0.5, 0.6) is 0 Å². The summed E-state index contributed by atoms with van der Waals surface area (Å²) in [5.74, 6) is 0.681. The molecule has 3 nitrogen and oxygen atoms in total. The fourth-order valence-electron chi connectivity index (χ4n) is 2.05. The van der Waals surface area contributed by atoms with Crippen LogP contribution in [-0.2, 0) is 4.79 Å². The van der Waals surface area contributed by atoms with Gasteiger partial charge in [-0.2, -0.15) is 0 Å². The molecule has 1 N–H and O–H groups in total. The molecule has 0 unspecified atom stereocenters. The molecule has 3 heteroatoms. The summed E-state index contributed by atoms with van der Waals surface area (Å²) in [6.45, 7) is 9.75. The molecule has 0 aromatic carbocycles. The summed E-state index contributed by atoms with van der Waals surface area (Å²) in [5, 5.41) is 3.13. The lowest BCUT2D eigenvalue weighted by Crippen LogP contribution is -2.44. The van der Waals surface area contributed by atoms with Crippen LogP contribution in [0, 0.1) is 5.92 Å². The van der Waals surface area contributed by atoms with Crippen LogP contribution in [0.2, 0.25) is 0 Å². The second-order valence-corrected chi connectivity index (χ2v) is 4.87. The second-order valence-electron chi connectivity index (χ2n) is 4.87. The molecule has 1 fully saturated rings. The standard InChI is InChI=1S/C12H24N2O/c1-4-14-7-5-11(6-8-14)13-12(15)9-10(2)3/h10-11H,4-9H2,1-3H3,(H,13,15). The minimum atomic E-state index is 0.222. The molecule has 0 radical (unpaired) electrons. The number of hydrogen-bond acceptors (Lipinski definition) is 2. The maximum atomic E-state index is 11.5. The summed E-state index contributed by atoms with van der Waals surface area (Å²) in [6, 6.07) is 0.416. The van der Waals surface area contributed by atoms with Crippen molar-refractivity contribution in [2.75, 3.05) is 19.6 Å². The van der Waals surface area contributed by atoms with Crippen LogP contribution in [0.4, 0.5) is 0 Å². The topological polar surface area (TPSA) is 32.3 Å². The van der Waals surface area contributed by atoms with Crippen molar-refractivity contribution in [3.05, 3.63) is 0 Å². The molecule has 1 rings (SSSR count). The fraction of sp³-hybridized carbons (Fsp3) is 0.917. The second kappa shape index (κ2) is 6.11. The summed E-state index contributed by atoms with van der Waals surface area (Å²) in [5.41, 5.74) is 0. The van der Waals surface area contributed by atoms with Crippen molar-refractivity contribution < 1.29 is 4.79 Å². The molecule has 1 heterocycles. The van der Waals surface area contributed by atoms with E-state index in [1.165, 1.54) is 0 Å². The minimum absolute atomic E-state index is 0.222. The molecule has 0 spiro atoms. The number of carbonyl (C=O) groups excluding carboxylic acids is 1. The highest BCUT2D eigenvalue weighted by Crippen LogP contribution is 2.10. The van der Waals surface area contributed by atoms with E-state index in [0.29, 0.717) is 18.4 Å². The number of rotatable bonds is 4. The lowest BCUT2D eigenvalue weighted by molar-refractivity contribution is -0.122. The molecular weight excluding hydrogens is 188 g/mol. The van der Waals surface area contributed by atoms with Crippen molar-refractivity contribution in [2.45, 2.75) is 46.1 Å². The van der Waals surface area contributed by atoms with Crippen LogP contribution in [0.3, 0.4) is 0 Å². The van der Waals surface area contributed by atoms with Gasteiger partial charge in [0.05, 0.1) is 0 Å². The van der Waals surface area contributed by atoms with Crippen molar-refractivity contribution in [2.24, 2.45) is 5.92 Å². The van der Waals surface area contributed by atoms with Gasteiger partial charge < -0.3 is 10.2 Å². The Kier molecular flexibility index (Phi) is 5.09. The van der Waals surface area contributed by atoms with Gasteiger partial charge in [-0.25, -0.2) is 0 Å². The van der Waals surface area contributed by atoms with Gasteiger partial charge in [0.2, 0.25) is 5.91 Å². The molecule has 0 saturated carbocycles. The maximum absolute atomic E-state index is 11.5. The summed E-state index contributed by atoms with van der Waals surface area (Å²) in [7, 11) is 0. The zero-order valence-corrected chi connectivity index (χ0v) is 10.3. The van der Waals surface area contributed by atoms with Crippen molar-refractivity contribution in [1.82, 2.24) is 10.2 Å². The Morgan fingerprint density at radius 1 is 1.40 bits per heavy atom. The first-order chi connectivity index (χ1) is 7.11. The highest BCUT2D eigenvalue weighted by molar-refractivity contribution is 5.76. The summed E-state index contributed by atoms with van der Waals surface area (Å²) in [4.78, 5) is 14.0. The number of amides is 1. The predicted molar refractivity (Wildman–Crippen MR) is 62.7 cm³/mol.